The van der Waals surface area contributed by atoms with Gasteiger partial charge in [0.25, 0.3) is 0 Å². The van der Waals surface area contributed by atoms with Crippen molar-refractivity contribution in [3.05, 3.63) is 66.4 Å². The van der Waals surface area contributed by atoms with E-state index in [0.29, 0.717) is 6.54 Å². The van der Waals surface area contributed by atoms with Crippen LogP contribution in [-0.2, 0) is 4.79 Å². The Morgan fingerprint density at radius 2 is 1.71 bits per heavy atom. The van der Waals surface area contributed by atoms with Gasteiger partial charge in [-0.15, -0.1) is 0 Å². The number of amides is 1. The average Bonchev–Trinajstić information content (AvgIpc) is 3.05. The number of para-hydroxylation sites is 2. The van der Waals surface area contributed by atoms with Gasteiger partial charge in [-0.1, -0.05) is 36.4 Å². The molecule has 0 radical (unpaired) electrons. The molecule has 1 amide bonds. The summed E-state index contributed by atoms with van der Waals surface area (Å²) in [6.45, 7) is 2.37. The van der Waals surface area contributed by atoms with Crippen LogP contribution < -0.4 is 4.90 Å². The second-order valence-corrected chi connectivity index (χ2v) is 6.07. The molecule has 0 saturated carbocycles. The summed E-state index contributed by atoms with van der Waals surface area (Å²) in [4.78, 5) is 16.2. The molecule has 0 saturated heterocycles. The summed E-state index contributed by atoms with van der Waals surface area (Å²) in [5.74, 6) is 0.917. The summed E-state index contributed by atoms with van der Waals surface area (Å²) in [5.41, 5.74) is 1.77. The lowest BCUT2D eigenvalue weighted by molar-refractivity contribution is -0.119. The number of nitrogens with zero attached hydrogens (tertiary/aromatic N) is 2. The highest BCUT2D eigenvalue weighted by Gasteiger charge is 2.20. The molecule has 4 nitrogen and oxygen atoms in total. The van der Waals surface area contributed by atoms with Crippen molar-refractivity contribution in [3.63, 3.8) is 0 Å². The second-order valence-electron chi connectivity index (χ2n) is 6.07. The van der Waals surface area contributed by atoms with Crippen LogP contribution in [0.5, 0.6) is 0 Å². The summed E-state index contributed by atoms with van der Waals surface area (Å²) in [6, 6.07) is 19.7. The van der Waals surface area contributed by atoms with Crippen LogP contribution in [0.25, 0.3) is 11.0 Å². The Bertz CT molecular complexity index is 793. The molecule has 24 heavy (non-hydrogen) atoms. The maximum atomic E-state index is 12.5. The fourth-order valence-corrected chi connectivity index (χ4v) is 2.68. The fourth-order valence-electron chi connectivity index (χ4n) is 2.68. The first-order chi connectivity index (χ1) is 11.6. The first-order valence-corrected chi connectivity index (χ1v) is 8.06. The van der Waals surface area contributed by atoms with Crippen molar-refractivity contribution in [1.82, 2.24) is 4.90 Å². The molecule has 0 aliphatic rings. The van der Waals surface area contributed by atoms with Crippen LogP contribution >= 0.6 is 0 Å². The van der Waals surface area contributed by atoms with Crippen molar-refractivity contribution in [1.29, 1.82) is 0 Å². The Hall–Kier alpha value is -2.59. The number of rotatable bonds is 5. The molecule has 0 aliphatic heterocycles. The monoisotopic (exact) mass is 322 g/mol. The number of hydrogen-bond acceptors (Lipinski definition) is 3. The molecule has 0 N–H and O–H groups in total. The van der Waals surface area contributed by atoms with Gasteiger partial charge in [0.15, 0.2) is 0 Å². The molecule has 124 valence electrons. The number of carbonyl (C=O) groups excluding carboxylic acids is 1. The summed E-state index contributed by atoms with van der Waals surface area (Å²) in [5, 5.41) is 1.08. The lowest BCUT2D eigenvalue weighted by Gasteiger charge is -2.25. The molecule has 3 aromatic rings. The number of benzene rings is 2. The van der Waals surface area contributed by atoms with E-state index in [0.717, 1.165) is 22.4 Å². The highest BCUT2D eigenvalue weighted by Crippen LogP contribution is 2.26. The number of likely N-dealkylation sites (N-methyl/N-ethyl adjacent to an activating group) is 2. The van der Waals surface area contributed by atoms with Gasteiger partial charge in [0.05, 0.1) is 12.6 Å². The minimum atomic E-state index is 0.0190. The lowest BCUT2D eigenvalue weighted by Crippen LogP contribution is -2.37. The molecular formula is C20H22N2O2. The molecular weight excluding hydrogens is 300 g/mol. The predicted molar refractivity (Wildman–Crippen MR) is 97.1 cm³/mol. The first-order valence-electron chi connectivity index (χ1n) is 8.06. The minimum Gasteiger partial charge on any atom is -0.459 e. The van der Waals surface area contributed by atoms with E-state index >= 15 is 0 Å². The molecule has 3 rings (SSSR count). The topological polar surface area (TPSA) is 36.7 Å². The van der Waals surface area contributed by atoms with Gasteiger partial charge in [-0.2, -0.15) is 0 Å². The number of hydrogen-bond donors (Lipinski definition) is 0. The Morgan fingerprint density at radius 3 is 2.42 bits per heavy atom. The molecule has 1 aromatic heterocycles. The van der Waals surface area contributed by atoms with Crippen LogP contribution in [0.1, 0.15) is 18.7 Å². The van der Waals surface area contributed by atoms with Crippen LogP contribution in [-0.4, -0.2) is 31.4 Å². The summed E-state index contributed by atoms with van der Waals surface area (Å²) in [6.07, 6.45) is 0. The standard InChI is InChI=1S/C20H22N2O2/c1-15(19-13-16-9-7-8-12-18(16)24-19)21(2)14-20(23)22(3)17-10-5-4-6-11-17/h4-13,15H,14H2,1-3H3. The van der Waals surface area contributed by atoms with Crippen molar-refractivity contribution in [2.24, 2.45) is 0 Å². The van der Waals surface area contributed by atoms with Gasteiger partial charge in [0, 0.05) is 18.1 Å². The van der Waals surface area contributed by atoms with Crippen LogP contribution in [0, 0.1) is 0 Å². The minimum absolute atomic E-state index is 0.0190. The van der Waals surface area contributed by atoms with Crippen molar-refractivity contribution in [3.8, 4) is 0 Å². The van der Waals surface area contributed by atoms with Crippen molar-refractivity contribution in [2.45, 2.75) is 13.0 Å². The summed E-state index contributed by atoms with van der Waals surface area (Å²) >= 11 is 0. The first kappa shape index (κ1) is 16.3. The molecule has 0 spiro atoms. The lowest BCUT2D eigenvalue weighted by atomic mass is 10.2. The van der Waals surface area contributed by atoms with E-state index in [9.17, 15) is 4.79 Å². The number of anilines is 1. The third-order valence-corrected chi connectivity index (χ3v) is 4.42. The largest absolute Gasteiger partial charge is 0.459 e. The van der Waals surface area contributed by atoms with E-state index in [1.54, 1.807) is 11.9 Å². The van der Waals surface area contributed by atoms with Gasteiger partial charge in [0.2, 0.25) is 5.91 Å². The predicted octanol–water partition coefficient (Wildman–Crippen LogP) is 4.09. The maximum absolute atomic E-state index is 12.5. The Morgan fingerprint density at radius 1 is 1.04 bits per heavy atom. The molecule has 0 aliphatic carbocycles. The van der Waals surface area contributed by atoms with Crippen LogP contribution in [0.2, 0.25) is 0 Å². The SMILES string of the molecule is CC(c1cc2ccccc2o1)N(C)CC(=O)N(C)c1ccccc1. The Labute approximate surface area is 142 Å². The Balaban J connectivity index is 1.69. The van der Waals surface area contributed by atoms with Gasteiger partial charge in [-0.25, -0.2) is 0 Å². The van der Waals surface area contributed by atoms with Gasteiger partial charge >= 0.3 is 0 Å². The fraction of sp³-hybridized carbons (Fsp3) is 0.250. The summed E-state index contributed by atoms with van der Waals surface area (Å²) < 4.78 is 5.91. The molecule has 0 fully saturated rings. The van der Waals surface area contributed by atoms with E-state index in [1.165, 1.54) is 0 Å². The molecule has 1 atom stereocenters. The van der Waals surface area contributed by atoms with Crippen LogP contribution in [0.4, 0.5) is 5.69 Å². The van der Waals surface area contributed by atoms with Crippen LogP contribution in [0.15, 0.2) is 65.1 Å². The van der Waals surface area contributed by atoms with Gasteiger partial charge in [0.1, 0.15) is 11.3 Å². The van der Waals surface area contributed by atoms with E-state index in [1.807, 2.05) is 79.5 Å². The molecule has 2 aromatic carbocycles. The third-order valence-electron chi connectivity index (χ3n) is 4.42. The average molecular weight is 322 g/mol. The zero-order chi connectivity index (χ0) is 17.1. The van der Waals surface area contributed by atoms with Gasteiger partial charge in [-0.05, 0) is 38.2 Å². The quantitative estimate of drug-likeness (QED) is 0.710. The van der Waals surface area contributed by atoms with E-state index in [-0.39, 0.29) is 11.9 Å². The zero-order valence-electron chi connectivity index (χ0n) is 14.3. The van der Waals surface area contributed by atoms with Crippen molar-refractivity contribution in [2.75, 3.05) is 25.5 Å². The van der Waals surface area contributed by atoms with E-state index in [2.05, 4.69) is 0 Å². The summed E-state index contributed by atoms with van der Waals surface area (Å²) in [7, 11) is 3.74. The number of fused-ring (bicyclic) bond motifs is 1. The molecule has 0 bridgehead atoms. The molecule has 4 heteroatoms. The van der Waals surface area contributed by atoms with Crippen molar-refractivity contribution < 1.29 is 9.21 Å². The van der Waals surface area contributed by atoms with Crippen LogP contribution in [0.3, 0.4) is 0 Å². The number of carbonyl (C=O) groups is 1. The van der Waals surface area contributed by atoms with E-state index in [4.69, 9.17) is 4.42 Å². The molecule has 1 unspecified atom stereocenters. The Kier molecular flexibility index (Phi) is 4.67. The molecule has 1 heterocycles. The smallest absolute Gasteiger partial charge is 0.240 e. The van der Waals surface area contributed by atoms with E-state index < -0.39 is 0 Å². The van der Waals surface area contributed by atoms with Crippen molar-refractivity contribution >= 4 is 22.6 Å². The normalized spacial score (nSPS) is 12.5. The second kappa shape index (κ2) is 6.89. The highest BCUT2D eigenvalue weighted by molar-refractivity contribution is 5.94. The third kappa shape index (κ3) is 3.34. The maximum Gasteiger partial charge on any atom is 0.240 e. The zero-order valence-corrected chi connectivity index (χ0v) is 14.3. The highest BCUT2D eigenvalue weighted by atomic mass is 16.3. The van der Waals surface area contributed by atoms with Gasteiger partial charge in [-0.3, -0.25) is 9.69 Å². The van der Waals surface area contributed by atoms with Gasteiger partial charge < -0.3 is 9.32 Å². The number of furan rings is 1.